The van der Waals surface area contributed by atoms with E-state index < -0.39 is 22.6 Å². The number of hydrogen-bond donors (Lipinski definition) is 1. The molecule has 1 N–H and O–H groups in total. The third-order valence-electron chi connectivity index (χ3n) is 4.89. The summed E-state index contributed by atoms with van der Waals surface area (Å²) >= 11 is 0. The number of benzene rings is 2. The van der Waals surface area contributed by atoms with Crippen molar-refractivity contribution >= 4 is 23.2 Å². The first-order chi connectivity index (χ1) is 14.6. The molecule has 1 aliphatic rings. The fraction of sp³-hybridized carbons (Fsp3) is 0.300. The molecule has 0 aliphatic carbocycles. The molecule has 1 fully saturated rings. The summed E-state index contributed by atoms with van der Waals surface area (Å²) in [4.78, 5) is 38.0. The number of halogens is 3. The van der Waals surface area contributed by atoms with Gasteiger partial charge in [0.1, 0.15) is 0 Å². The highest BCUT2D eigenvalue weighted by atomic mass is 19.4. The molecule has 2 amide bonds. The van der Waals surface area contributed by atoms with Gasteiger partial charge < -0.3 is 15.1 Å². The summed E-state index contributed by atoms with van der Waals surface area (Å²) in [5.41, 5.74) is -0.464. The summed E-state index contributed by atoms with van der Waals surface area (Å²) in [6.07, 6.45) is -4.43. The number of non-ortho nitro benzene ring substituents is 1. The largest absolute Gasteiger partial charge is 0.416 e. The number of nitrogens with zero attached hydrogens (tertiary/aromatic N) is 3. The van der Waals surface area contributed by atoms with E-state index in [1.807, 2.05) is 0 Å². The van der Waals surface area contributed by atoms with Crippen LogP contribution in [-0.4, -0.2) is 54.4 Å². The van der Waals surface area contributed by atoms with Crippen molar-refractivity contribution in [2.45, 2.75) is 6.18 Å². The lowest BCUT2D eigenvalue weighted by atomic mass is 10.1. The Morgan fingerprint density at radius 1 is 1.03 bits per heavy atom. The van der Waals surface area contributed by atoms with Gasteiger partial charge in [0.05, 0.1) is 17.0 Å². The molecule has 0 aromatic heterocycles. The van der Waals surface area contributed by atoms with Gasteiger partial charge in [-0.05, 0) is 24.3 Å². The van der Waals surface area contributed by atoms with Crippen molar-refractivity contribution < 1.29 is 27.7 Å². The van der Waals surface area contributed by atoms with Crippen molar-refractivity contribution in [3.63, 3.8) is 0 Å². The zero-order valence-corrected chi connectivity index (χ0v) is 16.3. The molecule has 11 heteroatoms. The summed E-state index contributed by atoms with van der Waals surface area (Å²) < 4.78 is 38.7. The number of nitro groups is 1. The van der Waals surface area contributed by atoms with Crippen LogP contribution >= 0.6 is 0 Å². The third kappa shape index (κ3) is 5.50. The second-order valence-corrected chi connectivity index (χ2v) is 6.91. The van der Waals surface area contributed by atoms with Gasteiger partial charge in [0.15, 0.2) is 0 Å². The van der Waals surface area contributed by atoms with Crippen molar-refractivity contribution in [1.82, 2.24) is 10.2 Å². The average molecular weight is 436 g/mol. The molecule has 0 bridgehead atoms. The highest BCUT2D eigenvalue weighted by Gasteiger charge is 2.31. The Balaban J connectivity index is 1.52. The second kappa shape index (κ2) is 9.02. The first kappa shape index (κ1) is 22.1. The van der Waals surface area contributed by atoms with Crippen LogP contribution in [-0.2, 0) is 11.0 Å². The minimum absolute atomic E-state index is 0.0661. The maximum atomic E-state index is 12.9. The fourth-order valence-electron chi connectivity index (χ4n) is 3.22. The van der Waals surface area contributed by atoms with Crippen molar-refractivity contribution in [3.05, 3.63) is 69.8 Å². The van der Waals surface area contributed by atoms with Gasteiger partial charge in [-0.2, -0.15) is 13.2 Å². The molecule has 1 aliphatic heterocycles. The minimum atomic E-state index is -4.43. The van der Waals surface area contributed by atoms with E-state index in [0.29, 0.717) is 31.9 Å². The van der Waals surface area contributed by atoms with E-state index in [1.165, 1.54) is 29.2 Å². The smallest absolute Gasteiger partial charge is 0.368 e. The molecule has 3 rings (SSSR count). The molecule has 0 unspecified atom stereocenters. The Kier molecular flexibility index (Phi) is 6.42. The van der Waals surface area contributed by atoms with Crippen LogP contribution in [0.15, 0.2) is 48.5 Å². The van der Waals surface area contributed by atoms with Crippen molar-refractivity contribution in [3.8, 4) is 0 Å². The Hall–Kier alpha value is -3.63. The average Bonchev–Trinajstić information content (AvgIpc) is 2.77. The SMILES string of the molecule is O=C(NCC(=O)N1CCN(c2cccc(C(F)(F)F)c2)CC1)c1cccc([N+](=O)[O-])c1. The first-order valence-corrected chi connectivity index (χ1v) is 9.38. The molecule has 0 atom stereocenters. The minimum Gasteiger partial charge on any atom is -0.368 e. The lowest BCUT2D eigenvalue weighted by molar-refractivity contribution is -0.384. The van der Waals surface area contributed by atoms with E-state index in [1.54, 1.807) is 11.0 Å². The topological polar surface area (TPSA) is 95.8 Å². The van der Waals surface area contributed by atoms with E-state index in [0.717, 1.165) is 18.2 Å². The number of hydrogen-bond acceptors (Lipinski definition) is 5. The monoisotopic (exact) mass is 436 g/mol. The maximum absolute atomic E-state index is 12.9. The molecular weight excluding hydrogens is 417 g/mol. The zero-order valence-electron chi connectivity index (χ0n) is 16.3. The quantitative estimate of drug-likeness (QED) is 0.574. The number of anilines is 1. The molecule has 164 valence electrons. The van der Waals surface area contributed by atoms with E-state index in [-0.39, 0.29) is 23.7 Å². The van der Waals surface area contributed by atoms with Gasteiger partial charge in [0.25, 0.3) is 11.6 Å². The molecule has 0 radical (unpaired) electrons. The van der Waals surface area contributed by atoms with Gasteiger partial charge in [-0.15, -0.1) is 0 Å². The van der Waals surface area contributed by atoms with Gasteiger partial charge in [0.2, 0.25) is 5.91 Å². The number of carbonyl (C=O) groups excluding carboxylic acids is 2. The molecule has 31 heavy (non-hydrogen) atoms. The van der Waals surface area contributed by atoms with Gasteiger partial charge in [-0.1, -0.05) is 12.1 Å². The number of alkyl halides is 3. The third-order valence-corrected chi connectivity index (χ3v) is 4.89. The van der Waals surface area contributed by atoms with Crippen LogP contribution < -0.4 is 10.2 Å². The van der Waals surface area contributed by atoms with Crippen LogP contribution in [0.4, 0.5) is 24.5 Å². The molecule has 8 nitrogen and oxygen atoms in total. The Bertz CT molecular complexity index is 988. The van der Waals surface area contributed by atoms with Crippen LogP contribution in [0.25, 0.3) is 0 Å². The Labute approximate surface area is 175 Å². The standard InChI is InChI=1S/C20H19F3N4O4/c21-20(22,23)15-4-2-5-16(12-15)25-7-9-26(10-8-25)18(28)13-24-19(29)14-3-1-6-17(11-14)27(30)31/h1-6,11-12H,7-10,13H2,(H,24,29). The molecule has 0 saturated carbocycles. The van der Waals surface area contributed by atoms with Gasteiger partial charge in [-0.3, -0.25) is 19.7 Å². The van der Waals surface area contributed by atoms with Crippen LogP contribution in [0, 0.1) is 10.1 Å². The number of carbonyl (C=O) groups is 2. The van der Waals surface area contributed by atoms with E-state index in [4.69, 9.17) is 0 Å². The fourth-order valence-corrected chi connectivity index (χ4v) is 3.22. The highest BCUT2D eigenvalue weighted by Crippen LogP contribution is 2.31. The summed E-state index contributed by atoms with van der Waals surface area (Å²) in [5, 5.41) is 13.2. The number of rotatable bonds is 5. The summed E-state index contributed by atoms with van der Waals surface area (Å²) in [6.45, 7) is 1.01. The maximum Gasteiger partial charge on any atom is 0.416 e. The molecule has 1 heterocycles. The van der Waals surface area contributed by atoms with Crippen molar-refractivity contribution in [2.24, 2.45) is 0 Å². The summed E-state index contributed by atoms with van der Waals surface area (Å²) in [7, 11) is 0. The number of piperazine rings is 1. The normalized spacial score (nSPS) is 14.3. The molecule has 1 saturated heterocycles. The lowest BCUT2D eigenvalue weighted by Crippen LogP contribution is -2.51. The number of amides is 2. The van der Waals surface area contributed by atoms with Crippen LogP contribution in [0.5, 0.6) is 0 Å². The number of nitro benzene ring substituents is 1. The van der Waals surface area contributed by atoms with Crippen LogP contribution in [0.1, 0.15) is 15.9 Å². The second-order valence-electron chi connectivity index (χ2n) is 6.91. The summed E-state index contributed by atoms with van der Waals surface area (Å²) in [6, 6.07) is 10.2. The molecule has 0 spiro atoms. The molecular formula is C20H19F3N4O4. The number of nitrogens with one attached hydrogen (secondary N) is 1. The predicted molar refractivity (Wildman–Crippen MR) is 106 cm³/mol. The summed E-state index contributed by atoms with van der Waals surface area (Å²) in [5.74, 6) is -0.956. The zero-order chi connectivity index (χ0) is 22.6. The van der Waals surface area contributed by atoms with Crippen LogP contribution in [0.3, 0.4) is 0 Å². The van der Waals surface area contributed by atoms with Crippen molar-refractivity contribution in [1.29, 1.82) is 0 Å². The molecule has 2 aromatic carbocycles. The van der Waals surface area contributed by atoms with E-state index in [2.05, 4.69) is 5.32 Å². The van der Waals surface area contributed by atoms with Gasteiger partial charge in [0, 0.05) is 49.6 Å². The van der Waals surface area contributed by atoms with E-state index >= 15 is 0 Å². The van der Waals surface area contributed by atoms with Crippen molar-refractivity contribution in [2.75, 3.05) is 37.6 Å². The van der Waals surface area contributed by atoms with Gasteiger partial charge in [-0.25, -0.2) is 0 Å². The Morgan fingerprint density at radius 3 is 2.35 bits per heavy atom. The highest BCUT2D eigenvalue weighted by molar-refractivity contribution is 5.97. The predicted octanol–water partition coefficient (Wildman–Crippen LogP) is 2.69. The van der Waals surface area contributed by atoms with Gasteiger partial charge >= 0.3 is 6.18 Å². The Morgan fingerprint density at radius 2 is 1.71 bits per heavy atom. The molecule has 2 aromatic rings. The lowest BCUT2D eigenvalue weighted by Gasteiger charge is -2.36. The van der Waals surface area contributed by atoms with E-state index in [9.17, 15) is 32.9 Å². The first-order valence-electron chi connectivity index (χ1n) is 9.38. The van der Waals surface area contributed by atoms with Crippen LogP contribution in [0.2, 0.25) is 0 Å².